The fourth-order valence-electron chi connectivity index (χ4n) is 8.04. The largest absolute Gasteiger partial charge is 0.472 e. The minimum absolute atomic E-state index is 0.0990. The average molecular weight is 1100 g/mol. The molecule has 0 aromatic carbocycles. The number of hydrogen-bond donors (Lipinski definition) is 3. The third-order valence-corrected chi connectivity index (χ3v) is 14.5. The van der Waals surface area contributed by atoms with E-state index in [0.29, 0.717) is 25.7 Å². The van der Waals surface area contributed by atoms with E-state index in [1.807, 2.05) is 0 Å². The number of unbranched alkanes of at least 4 members (excludes halogenated alkanes) is 30. The van der Waals surface area contributed by atoms with Gasteiger partial charge in [0.05, 0.1) is 26.4 Å². The standard InChI is InChI=1S/C55H106O17P2/c1-5-9-13-17-19-21-23-25-27-29-33-36-40-53(58)66-46-51(72-55(60)42-38-34-30-28-26-24-22-20-18-14-10-6-2)48-70-74(63,64)68-44-49(56)43-67-73(61,62)69-47-50(71-54(59)41-37-32-16-12-8-4)45-65-52(57)39-35-31-15-11-7-3/h49-51,56H,5-48H2,1-4H3,(H,61,62)(H,63,64)/t49-,50+,51+/m0/s1. The molecule has 74 heavy (non-hydrogen) atoms. The van der Waals surface area contributed by atoms with Gasteiger partial charge in [0.1, 0.15) is 19.3 Å². The summed E-state index contributed by atoms with van der Waals surface area (Å²) < 4.78 is 67.2. The van der Waals surface area contributed by atoms with Crippen molar-refractivity contribution in [3.05, 3.63) is 0 Å². The lowest BCUT2D eigenvalue weighted by atomic mass is 10.0. The first kappa shape index (κ1) is 72.1. The number of carbonyl (C=O) groups is 4. The highest BCUT2D eigenvalue weighted by atomic mass is 31.2. The zero-order valence-electron chi connectivity index (χ0n) is 46.8. The van der Waals surface area contributed by atoms with Crippen LogP contribution in [0.15, 0.2) is 0 Å². The number of aliphatic hydroxyl groups excluding tert-OH is 1. The third kappa shape index (κ3) is 49.6. The van der Waals surface area contributed by atoms with Crippen molar-refractivity contribution in [2.24, 2.45) is 0 Å². The summed E-state index contributed by atoms with van der Waals surface area (Å²) in [6.07, 6.45) is 32.8. The molecule has 0 aliphatic rings. The van der Waals surface area contributed by atoms with Gasteiger partial charge in [0.25, 0.3) is 0 Å². The van der Waals surface area contributed by atoms with E-state index in [1.165, 1.54) is 96.3 Å². The van der Waals surface area contributed by atoms with E-state index in [-0.39, 0.29) is 25.7 Å². The number of ether oxygens (including phenoxy) is 4. The van der Waals surface area contributed by atoms with Gasteiger partial charge >= 0.3 is 39.5 Å². The average Bonchev–Trinajstić information content (AvgIpc) is 3.37. The quantitative estimate of drug-likeness (QED) is 0.0222. The molecule has 438 valence electrons. The normalized spacial score (nSPS) is 14.4. The summed E-state index contributed by atoms with van der Waals surface area (Å²) in [6, 6.07) is 0. The van der Waals surface area contributed by atoms with Crippen LogP contribution in [0, 0.1) is 0 Å². The first-order valence-corrected chi connectivity index (χ1v) is 32.3. The van der Waals surface area contributed by atoms with E-state index in [0.717, 1.165) is 96.3 Å². The molecule has 2 unspecified atom stereocenters. The van der Waals surface area contributed by atoms with Crippen molar-refractivity contribution in [1.29, 1.82) is 0 Å². The van der Waals surface area contributed by atoms with Crippen molar-refractivity contribution in [3.8, 4) is 0 Å². The van der Waals surface area contributed by atoms with Crippen LogP contribution in [0.25, 0.3) is 0 Å². The lowest BCUT2D eigenvalue weighted by molar-refractivity contribution is -0.161. The molecule has 0 aliphatic carbocycles. The predicted octanol–water partition coefficient (Wildman–Crippen LogP) is 14.4. The molecule has 0 bridgehead atoms. The summed E-state index contributed by atoms with van der Waals surface area (Å²) >= 11 is 0. The van der Waals surface area contributed by atoms with E-state index in [2.05, 4.69) is 27.7 Å². The number of aliphatic hydroxyl groups is 1. The Morgan fingerprint density at radius 3 is 0.797 bits per heavy atom. The first-order valence-electron chi connectivity index (χ1n) is 29.3. The van der Waals surface area contributed by atoms with Crippen LogP contribution in [0.5, 0.6) is 0 Å². The van der Waals surface area contributed by atoms with Crippen LogP contribution in [0.3, 0.4) is 0 Å². The number of hydrogen-bond acceptors (Lipinski definition) is 15. The molecule has 3 N–H and O–H groups in total. The third-order valence-electron chi connectivity index (χ3n) is 12.6. The molecular weight excluding hydrogens is 995 g/mol. The van der Waals surface area contributed by atoms with E-state index >= 15 is 0 Å². The Hall–Kier alpha value is -1.94. The molecule has 5 atom stereocenters. The molecule has 0 saturated heterocycles. The van der Waals surface area contributed by atoms with Crippen molar-refractivity contribution in [2.75, 3.05) is 39.6 Å². The van der Waals surface area contributed by atoms with E-state index in [1.54, 1.807) is 0 Å². The first-order chi connectivity index (χ1) is 35.7. The summed E-state index contributed by atoms with van der Waals surface area (Å²) in [5.41, 5.74) is 0. The molecule has 0 aliphatic heterocycles. The molecule has 0 spiro atoms. The lowest BCUT2D eigenvalue weighted by Crippen LogP contribution is -2.30. The van der Waals surface area contributed by atoms with Crippen molar-refractivity contribution < 1.29 is 80.2 Å². The summed E-state index contributed by atoms with van der Waals surface area (Å²) in [6.45, 7) is 4.64. The topological polar surface area (TPSA) is 237 Å². The number of phosphoric acid groups is 2. The van der Waals surface area contributed by atoms with Crippen LogP contribution < -0.4 is 0 Å². The van der Waals surface area contributed by atoms with Gasteiger partial charge in [-0.25, -0.2) is 9.13 Å². The maximum Gasteiger partial charge on any atom is 0.472 e. The Morgan fingerprint density at radius 1 is 0.324 bits per heavy atom. The van der Waals surface area contributed by atoms with E-state index in [9.17, 15) is 43.2 Å². The molecule has 0 fully saturated rings. The monoisotopic (exact) mass is 1100 g/mol. The molecule has 17 nitrogen and oxygen atoms in total. The van der Waals surface area contributed by atoms with Crippen LogP contribution in [-0.2, 0) is 65.4 Å². The summed E-state index contributed by atoms with van der Waals surface area (Å²) in [7, 11) is -9.85. The molecule has 0 heterocycles. The smallest absolute Gasteiger partial charge is 0.462 e. The fourth-order valence-corrected chi connectivity index (χ4v) is 9.62. The van der Waals surface area contributed by atoms with Gasteiger partial charge in [0.2, 0.25) is 0 Å². The van der Waals surface area contributed by atoms with Crippen LogP contribution in [-0.4, -0.2) is 96.7 Å². The highest BCUT2D eigenvalue weighted by molar-refractivity contribution is 7.47. The number of phosphoric ester groups is 2. The van der Waals surface area contributed by atoms with Crippen LogP contribution in [0.4, 0.5) is 0 Å². The molecule has 0 aromatic rings. The Labute approximate surface area is 447 Å². The van der Waals surface area contributed by atoms with Gasteiger partial charge in [0.15, 0.2) is 12.2 Å². The summed E-state index contributed by atoms with van der Waals surface area (Å²) in [4.78, 5) is 71.3. The molecule has 0 amide bonds. The van der Waals surface area contributed by atoms with Crippen molar-refractivity contribution in [3.63, 3.8) is 0 Å². The predicted molar refractivity (Wildman–Crippen MR) is 289 cm³/mol. The summed E-state index contributed by atoms with van der Waals surface area (Å²) in [5, 5.41) is 10.4. The zero-order chi connectivity index (χ0) is 54.8. The highest BCUT2D eigenvalue weighted by Gasteiger charge is 2.30. The van der Waals surface area contributed by atoms with Gasteiger partial charge in [-0.2, -0.15) is 0 Å². The summed E-state index contributed by atoms with van der Waals surface area (Å²) in [5.74, 6) is -2.17. The molecule has 19 heteroatoms. The van der Waals surface area contributed by atoms with E-state index < -0.39 is 97.5 Å². The van der Waals surface area contributed by atoms with Crippen molar-refractivity contribution in [1.82, 2.24) is 0 Å². The maximum atomic E-state index is 12.9. The molecule has 0 saturated carbocycles. The Bertz CT molecular complexity index is 1450. The Morgan fingerprint density at radius 2 is 0.541 bits per heavy atom. The Kier molecular flexibility index (Phi) is 49.2. The van der Waals surface area contributed by atoms with Gasteiger partial charge in [0, 0.05) is 25.7 Å². The van der Waals surface area contributed by atoms with E-state index in [4.69, 9.17) is 37.0 Å². The second-order valence-electron chi connectivity index (χ2n) is 20.0. The van der Waals surface area contributed by atoms with Crippen LogP contribution >= 0.6 is 15.6 Å². The number of rotatable bonds is 56. The van der Waals surface area contributed by atoms with Gasteiger partial charge in [-0.05, 0) is 25.7 Å². The highest BCUT2D eigenvalue weighted by Crippen LogP contribution is 2.45. The Balaban J connectivity index is 5.14. The molecule has 0 aromatic heterocycles. The molecular formula is C55H106O17P2. The molecule has 0 rings (SSSR count). The van der Waals surface area contributed by atoms with Crippen molar-refractivity contribution >= 4 is 39.5 Å². The minimum Gasteiger partial charge on any atom is -0.462 e. The second kappa shape index (κ2) is 50.6. The van der Waals surface area contributed by atoms with Crippen LogP contribution in [0.2, 0.25) is 0 Å². The fraction of sp³-hybridized carbons (Fsp3) is 0.927. The van der Waals surface area contributed by atoms with Gasteiger partial charge < -0.3 is 33.8 Å². The van der Waals surface area contributed by atoms with Gasteiger partial charge in [-0.1, -0.05) is 220 Å². The second-order valence-corrected chi connectivity index (χ2v) is 22.9. The van der Waals surface area contributed by atoms with Gasteiger partial charge in [-0.3, -0.25) is 37.3 Å². The van der Waals surface area contributed by atoms with Crippen LogP contribution in [0.1, 0.15) is 272 Å². The SMILES string of the molecule is CCCCCCCCCCCCCCC(=O)OC[C@H](COP(=O)(O)OC[C@@H](O)COP(=O)(O)OC[C@@H](COC(=O)CCCCCCC)OC(=O)CCCCCCC)OC(=O)CCCCCCCCCCCCCC. The van der Waals surface area contributed by atoms with Gasteiger partial charge in [-0.15, -0.1) is 0 Å². The zero-order valence-corrected chi connectivity index (χ0v) is 48.6. The number of esters is 4. The van der Waals surface area contributed by atoms with Crippen molar-refractivity contribution in [2.45, 2.75) is 290 Å². The molecule has 0 radical (unpaired) electrons. The minimum atomic E-state index is -4.93. The number of carbonyl (C=O) groups excluding carboxylic acids is 4. The maximum absolute atomic E-state index is 12.9. The lowest BCUT2D eigenvalue weighted by Gasteiger charge is -2.21.